The van der Waals surface area contributed by atoms with Gasteiger partial charge in [-0.1, -0.05) is 19.7 Å². The van der Waals surface area contributed by atoms with Gasteiger partial charge in [0.05, 0.1) is 16.7 Å². The first-order valence-corrected chi connectivity index (χ1v) is 15.4. The molecule has 0 aliphatic rings. The van der Waals surface area contributed by atoms with Crippen LogP contribution in [0.1, 0.15) is 31.1 Å². The highest BCUT2D eigenvalue weighted by Crippen LogP contribution is 2.34. The molecule has 0 unspecified atom stereocenters. The third-order valence-electron chi connectivity index (χ3n) is 6.58. The summed E-state index contributed by atoms with van der Waals surface area (Å²) in [5.74, 6) is -4.23. The Balaban J connectivity index is 1.49. The van der Waals surface area contributed by atoms with Crippen molar-refractivity contribution >= 4 is 35.8 Å². The number of esters is 6. The summed E-state index contributed by atoms with van der Waals surface area (Å²) in [6.07, 6.45) is 2.94. The normalized spacial score (nSPS) is 10.0. The molecule has 0 fully saturated rings. The second kappa shape index (κ2) is 19.6. The van der Waals surface area contributed by atoms with E-state index in [0.717, 1.165) is 18.2 Å². The van der Waals surface area contributed by atoms with Crippen LogP contribution in [-0.2, 0) is 28.6 Å². The lowest BCUT2D eigenvalue weighted by molar-refractivity contribution is -0.145. The lowest BCUT2D eigenvalue weighted by atomic mass is 10.2. The fraction of sp³-hybridized carbons (Fsp3) is 0.0769. The van der Waals surface area contributed by atoms with Crippen molar-refractivity contribution in [3.05, 3.63) is 146 Å². The molecule has 4 aromatic carbocycles. The summed E-state index contributed by atoms with van der Waals surface area (Å²) in [5, 5.41) is 0. The van der Waals surface area contributed by atoms with Crippen LogP contribution in [0.2, 0.25) is 0 Å². The molecule has 0 aliphatic heterocycles. The van der Waals surface area contributed by atoms with E-state index < -0.39 is 35.8 Å². The van der Waals surface area contributed by atoms with Gasteiger partial charge in [-0.05, 0) is 84.9 Å². The fourth-order valence-electron chi connectivity index (χ4n) is 3.90. The number of benzene rings is 4. The molecule has 15 heteroatoms. The fourth-order valence-corrected chi connectivity index (χ4v) is 3.90. The Morgan fingerprint density at radius 1 is 0.407 bits per heavy atom. The van der Waals surface area contributed by atoms with Crippen LogP contribution in [-0.4, -0.2) is 56.2 Å². The van der Waals surface area contributed by atoms with E-state index in [4.69, 9.17) is 42.6 Å². The van der Waals surface area contributed by atoms with Gasteiger partial charge in [-0.25, -0.2) is 28.8 Å². The molecule has 0 aliphatic carbocycles. The van der Waals surface area contributed by atoms with E-state index in [1.807, 2.05) is 0 Å². The maximum absolute atomic E-state index is 13.2. The first-order valence-electron chi connectivity index (χ1n) is 15.4. The maximum atomic E-state index is 13.2. The third-order valence-corrected chi connectivity index (χ3v) is 6.58. The third kappa shape index (κ3) is 12.0. The Labute approximate surface area is 307 Å². The number of hydrogen-bond acceptors (Lipinski definition) is 15. The van der Waals surface area contributed by atoms with Gasteiger partial charge in [0.1, 0.15) is 23.0 Å². The number of hydrogen-bond donors (Lipinski definition) is 0. The minimum absolute atomic E-state index is 0.0565. The number of ether oxygens (including phenoxy) is 9. The van der Waals surface area contributed by atoms with Gasteiger partial charge in [-0.3, -0.25) is 0 Å². The molecule has 15 nitrogen and oxygen atoms in total. The van der Waals surface area contributed by atoms with E-state index in [1.54, 1.807) is 0 Å². The van der Waals surface area contributed by atoms with E-state index in [1.165, 1.54) is 91.0 Å². The molecule has 0 bridgehead atoms. The first kappa shape index (κ1) is 39.1. The largest absolute Gasteiger partial charge is 0.457 e. The van der Waals surface area contributed by atoms with E-state index in [2.05, 4.69) is 19.7 Å². The van der Waals surface area contributed by atoms with Crippen LogP contribution < -0.4 is 28.4 Å². The summed E-state index contributed by atoms with van der Waals surface area (Å²) in [6.45, 7) is 8.72. The average Bonchev–Trinajstić information content (AvgIpc) is 3.19. The highest BCUT2D eigenvalue weighted by atomic mass is 16.7. The van der Waals surface area contributed by atoms with Gasteiger partial charge >= 0.3 is 35.8 Å². The van der Waals surface area contributed by atoms with Crippen molar-refractivity contribution in [1.82, 2.24) is 0 Å². The van der Waals surface area contributed by atoms with Crippen LogP contribution in [0.5, 0.6) is 34.5 Å². The summed E-state index contributed by atoms with van der Waals surface area (Å²) in [6, 6.07) is 20.7. The monoisotopic (exact) mass is 738 g/mol. The molecule has 0 amide bonds. The minimum atomic E-state index is -0.881. The Morgan fingerprint density at radius 2 is 0.722 bits per heavy atom. The SMILES string of the molecule is C=CC(=O)OCOc1ccc(C(=O)Oc2ccc(OC(=O)c3ccc(OCOC(=O)C=C)cc3)c(OC(=O)c3ccc(OCOC(=O)C=C)cc3)c2)cc1. The van der Waals surface area contributed by atoms with Crippen LogP contribution in [0.4, 0.5) is 0 Å². The predicted molar refractivity (Wildman–Crippen MR) is 186 cm³/mol. The van der Waals surface area contributed by atoms with Crippen molar-refractivity contribution in [3.63, 3.8) is 0 Å². The Hall–Kier alpha value is -7.68. The van der Waals surface area contributed by atoms with Crippen molar-refractivity contribution < 1.29 is 71.4 Å². The van der Waals surface area contributed by atoms with Crippen LogP contribution in [0.25, 0.3) is 0 Å². The average molecular weight is 739 g/mol. The maximum Gasteiger partial charge on any atom is 0.343 e. The van der Waals surface area contributed by atoms with Gasteiger partial charge in [0.2, 0.25) is 20.4 Å². The van der Waals surface area contributed by atoms with Crippen LogP contribution in [0.15, 0.2) is 129 Å². The van der Waals surface area contributed by atoms with Gasteiger partial charge < -0.3 is 42.6 Å². The van der Waals surface area contributed by atoms with E-state index in [-0.39, 0.29) is 65.8 Å². The topological polar surface area (TPSA) is 185 Å². The molecule has 0 heterocycles. The zero-order valence-electron chi connectivity index (χ0n) is 28.3. The summed E-state index contributed by atoms with van der Waals surface area (Å²) in [4.78, 5) is 72.8. The van der Waals surface area contributed by atoms with Crippen LogP contribution in [0, 0.1) is 0 Å². The van der Waals surface area contributed by atoms with Crippen molar-refractivity contribution in [2.75, 3.05) is 20.4 Å². The summed E-state index contributed by atoms with van der Waals surface area (Å²) in [5.41, 5.74) is 0.257. The molecular weight excluding hydrogens is 708 g/mol. The van der Waals surface area contributed by atoms with Gasteiger partial charge in [0.15, 0.2) is 11.5 Å². The highest BCUT2D eigenvalue weighted by molar-refractivity contribution is 5.94. The second-order valence-corrected chi connectivity index (χ2v) is 10.1. The molecule has 54 heavy (non-hydrogen) atoms. The van der Waals surface area contributed by atoms with Gasteiger partial charge in [0.25, 0.3) is 0 Å². The van der Waals surface area contributed by atoms with Gasteiger partial charge in [-0.2, -0.15) is 0 Å². The zero-order chi connectivity index (χ0) is 38.9. The van der Waals surface area contributed by atoms with Crippen molar-refractivity contribution in [2.45, 2.75) is 0 Å². The lowest BCUT2D eigenvalue weighted by Crippen LogP contribution is -2.14. The first-order chi connectivity index (χ1) is 26.1. The highest BCUT2D eigenvalue weighted by Gasteiger charge is 2.20. The Kier molecular flexibility index (Phi) is 14.2. The molecule has 0 aromatic heterocycles. The van der Waals surface area contributed by atoms with E-state index in [0.29, 0.717) is 5.75 Å². The Bertz CT molecular complexity index is 2010. The minimum Gasteiger partial charge on any atom is -0.457 e. The van der Waals surface area contributed by atoms with E-state index in [9.17, 15) is 28.8 Å². The van der Waals surface area contributed by atoms with E-state index >= 15 is 0 Å². The molecule has 0 saturated heterocycles. The summed E-state index contributed by atoms with van der Waals surface area (Å²) < 4.78 is 46.7. The summed E-state index contributed by atoms with van der Waals surface area (Å²) >= 11 is 0. The molecule has 0 saturated carbocycles. The number of carbonyl (C=O) groups excluding carboxylic acids is 6. The van der Waals surface area contributed by atoms with Crippen LogP contribution in [0.3, 0.4) is 0 Å². The molecule has 4 rings (SSSR count). The van der Waals surface area contributed by atoms with Crippen LogP contribution >= 0.6 is 0 Å². The molecule has 0 radical (unpaired) electrons. The quantitative estimate of drug-likeness (QED) is 0.0407. The Morgan fingerprint density at radius 3 is 1.07 bits per heavy atom. The molecule has 0 N–H and O–H groups in total. The smallest absolute Gasteiger partial charge is 0.343 e. The zero-order valence-corrected chi connectivity index (χ0v) is 28.3. The lowest BCUT2D eigenvalue weighted by Gasteiger charge is -2.13. The number of rotatable bonds is 18. The predicted octanol–water partition coefficient (Wildman–Crippen LogP) is 5.54. The standard InChI is InChI=1S/C39H30O15/c1-4-34(40)49-22-46-28-13-7-25(8-14-28)37(43)52-31-19-20-32(53-38(44)26-9-15-29(16-10-26)47-23-50-35(41)5-2)33(21-31)54-39(45)27-11-17-30(18-12-27)48-24-51-36(42)6-3/h4-21H,1-3,22-24H2. The molecule has 0 spiro atoms. The van der Waals surface area contributed by atoms with Gasteiger partial charge in [0, 0.05) is 24.3 Å². The molecule has 276 valence electrons. The molecule has 0 atom stereocenters. The summed E-state index contributed by atoms with van der Waals surface area (Å²) in [7, 11) is 0. The van der Waals surface area contributed by atoms with Crippen molar-refractivity contribution in [2.24, 2.45) is 0 Å². The van der Waals surface area contributed by atoms with Crippen molar-refractivity contribution in [3.8, 4) is 34.5 Å². The number of carbonyl (C=O) groups is 6. The van der Waals surface area contributed by atoms with Crippen molar-refractivity contribution in [1.29, 1.82) is 0 Å². The molecular formula is C39H30O15. The second-order valence-electron chi connectivity index (χ2n) is 10.1. The molecule has 4 aromatic rings. The van der Waals surface area contributed by atoms with Gasteiger partial charge in [-0.15, -0.1) is 0 Å².